The molecule has 0 radical (unpaired) electrons. The molecule has 0 spiro atoms. The molecule has 0 aliphatic heterocycles. The molecule has 72 valence electrons. The molecule has 2 unspecified atom stereocenters. The molecule has 0 aromatic carbocycles. The largest absolute Gasteiger partial charge is 0.319 e. The van der Waals surface area contributed by atoms with E-state index in [1.54, 1.807) is 11.3 Å². The van der Waals surface area contributed by atoms with Gasteiger partial charge in [0.05, 0.1) is 5.01 Å². The molecule has 1 aromatic rings. The molecule has 1 N–H and O–H groups in total. The van der Waals surface area contributed by atoms with Crippen molar-refractivity contribution in [1.29, 1.82) is 0 Å². The molecule has 1 fully saturated rings. The minimum atomic E-state index is 0.888. The zero-order valence-corrected chi connectivity index (χ0v) is 8.81. The lowest BCUT2D eigenvalue weighted by molar-refractivity contribution is 0.174. The van der Waals surface area contributed by atoms with E-state index in [0.717, 1.165) is 11.8 Å². The van der Waals surface area contributed by atoms with Gasteiger partial charge in [-0.1, -0.05) is 0 Å². The maximum Gasteiger partial charge on any atom is 0.0927 e. The van der Waals surface area contributed by atoms with Gasteiger partial charge in [0, 0.05) is 18.0 Å². The first-order valence-corrected chi connectivity index (χ1v) is 5.81. The Morgan fingerprint density at radius 3 is 2.92 bits per heavy atom. The highest BCUT2D eigenvalue weighted by molar-refractivity contribution is 7.09. The van der Waals surface area contributed by atoms with E-state index in [9.17, 15) is 0 Å². The Morgan fingerprint density at radius 1 is 1.54 bits per heavy atom. The highest BCUT2D eigenvalue weighted by atomic mass is 32.1. The summed E-state index contributed by atoms with van der Waals surface area (Å²) in [6, 6.07) is 0. The SMILES string of the molecule is CNCC1CCC1Cc1nccs1. The summed E-state index contributed by atoms with van der Waals surface area (Å²) in [6.45, 7) is 1.18. The van der Waals surface area contributed by atoms with Gasteiger partial charge in [0.15, 0.2) is 0 Å². The van der Waals surface area contributed by atoms with Crippen molar-refractivity contribution in [3.63, 3.8) is 0 Å². The Labute approximate surface area is 83.4 Å². The van der Waals surface area contributed by atoms with Crippen molar-refractivity contribution in [2.75, 3.05) is 13.6 Å². The van der Waals surface area contributed by atoms with E-state index in [2.05, 4.69) is 15.7 Å². The monoisotopic (exact) mass is 196 g/mol. The molecule has 1 aromatic heterocycles. The van der Waals surface area contributed by atoms with Crippen molar-refractivity contribution in [3.05, 3.63) is 16.6 Å². The predicted molar refractivity (Wildman–Crippen MR) is 56.0 cm³/mol. The fraction of sp³-hybridized carbons (Fsp3) is 0.700. The number of hydrogen-bond donors (Lipinski definition) is 1. The van der Waals surface area contributed by atoms with Gasteiger partial charge in [-0.2, -0.15) is 0 Å². The van der Waals surface area contributed by atoms with Gasteiger partial charge in [0.2, 0.25) is 0 Å². The second-order valence-electron chi connectivity index (χ2n) is 3.79. The van der Waals surface area contributed by atoms with Gasteiger partial charge in [-0.15, -0.1) is 11.3 Å². The average Bonchev–Trinajstić information content (AvgIpc) is 2.61. The van der Waals surface area contributed by atoms with E-state index in [4.69, 9.17) is 0 Å². The van der Waals surface area contributed by atoms with Crippen LogP contribution in [0.4, 0.5) is 0 Å². The molecular weight excluding hydrogens is 180 g/mol. The van der Waals surface area contributed by atoms with Gasteiger partial charge in [-0.25, -0.2) is 4.98 Å². The summed E-state index contributed by atoms with van der Waals surface area (Å²) in [5.74, 6) is 1.78. The van der Waals surface area contributed by atoms with Crippen molar-refractivity contribution in [2.24, 2.45) is 11.8 Å². The Balaban J connectivity index is 1.82. The third-order valence-corrected chi connectivity index (χ3v) is 3.76. The zero-order valence-electron chi connectivity index (χ0n) is 7.99. The summed E-state index contributed by atoms with van der Waals surface area (Å²) in [7, 11) is 2.04. The Morgan fingerprint density at radius 2 is 2.38 bits per heavy atom. The van der Waals surface area contributed by atoms with Crippen LogP contribution in [0.2, 0.25) is 0 Å². The van der Waals surface area contributed by atoms with Crippen molar-refractivity contribution < 1.29 is 0 Å². The molecule has 2 rings (SSSR count). The molecule has 0 amide bonds. The van der Waals surface area contributed by atoms with Gasteiger partial charge in [-0.05, 0) is 38.3 Å². The minimum absolute atomic E-state index is 0.888. The minimum Gasteiger partial charge on any atom is -0.319 e. The molecule has 1 heterocycles. The molecule has 1 aliphatic carbocycles. The van der Waals surface area contributed by atoms with Crippen molar-refractivity contribution in [3.8, 4) is 0 Å². The Kier molecular flexibility index (Phi) is 2.96. The van der Waals surface area contributed by atoms with Crippen LogP contribution in [0.5, 0.6) is 0 Å². The summed E-state index contributed by atoms with van der Waals surface area (Å²) < 4.78 is 0. The normalized spacial score (nSPS) is 27.2. The molecule has 13 heavy (non-hydrogen) atoms. The van der Waals surface area contributed by atoms with E-state index < -0.39 is 0 Å². The first-order valence-electron chi connectivity index (χ1n) is 4.93. The second-order valence-corrected chi connectivity index (χ2v) is 4.76. The Hall–Kier alpha value is -0.410. The summed E-state index contributed by atoms with van der Waals surface area (Å²) in [4.78, 5) is 4.33. The third-order valence-electron chi connectivity index (χ3n) is 2.96. The van der Waals surface area contributed by atoms with Crippen LogP contribution in [0, 0.1) is 11.8 Å². The average molecular weight is 196 g/mol. The van der Waals surface area contributed by atoms with Crippen molar-refractivity contribution >= 4 is 11.3 Å². The molecule has 0 saturated heterocycles. The van der Waals surface area contributed by atoms with Gasteiger partial charge in [-0.3, -0.25) is 0 Å². The van der Waals surface area contributed by atoms with Crippen LogP contribution in [0.25, 0.3) is 0 Å². The lowest BCUT2D eigenvalue weighted by Gasteiger charge is -2.36. The lowest BCUT2D eigenvalue weighted by Crippen LogP contribution is -2.35. The lowest BCUT2D eigenvalue weighted by atomic mass is 9.72. The number of nitrogens with one attached hydrogen (secondary N) is 1. The summed E-state index contributed by atoms with van der Waals surface area (Å²) >= 11 is 1.79. The quantitative estimate of drug-likeness (QED) is 0.796. The van der Waals surface area contributed by atoms with E-state index in [-0.39, 0.29) is 0 Å². The van der Waals surface area contributed by atoms with Gasteiger partial charge in [0.25, 0.3) is 0 Å². The van der Waals surface area contributed by atoms with Gasteiger partial charge < -0.3 is 5.32 Å². The van der Waals surface area contributed by atoms with Gasteiger partial charge in [0.1, 0.15) is 0 Å². The van der Waals surface area contributed by atoms with E-state index in [1.807, 2.05) is 13.2 Å². The van der Waals surface area contributed by atoms with E-state index >= 15 is 0 Å². The van der Waals surface area contributed by atoms with Crippen LogP contribution in [0.3, 0.4) is 0 Å². The van der Waals surface area contributed by atoms with Crippen LogP contribution in [-0.2, 0) is 6.42 Å². The smallest absolute Gasteiger partial charge is 0.0927 e. The molecule has 3 heteroatoms. The fourth-order valence-electron chi connectivity index (χ4n) is 2.02. The molecule has 1 aliphatic rings. The molecule has 0 bridgehead atoms. The van der Waals surface area contributed by atoms with E-state index in [0.29, 0.717) is 0 Å². The Bertz CT molecular complexity index is 245. The van der Waals surface area contributed by atoms with Gasteiger partial charge >= 0.3 is 0 Å². The summed E-state index contributed by atoms with van der Waals surface area (Å²) in [5, 5.41) is 6.64. The number of aromatic nitrogens is 1. The van der Waals surface area contributed by atoms with Crippen LogP contribution < -0.4 is 5.32 Å². The van der Waals surface area contributed by atoms with Crippen LogP contribution in [-0.4, -0.2) is 18.6 Å². The first kappa shape index (κ1) is 9.16. The van der Waals surface area contributed by atoms with Crippen molar-refractivity contribution in [2.45, 2.75) is 19.3 Å². The summed E-state index contributed by atoms with van der Waals surface area (Å²) in [5.41, 5.74) is 0. The first-order chi connectivity index (χ1) is 6.40. The molecule has 2 nitrogen and oxygen atoms in total. The topological polar surface area (TPSA) is 24.9 Å². The predicted octanol–water partition coefficient (Wildman–Crippen LogP) is 1.93. The number of nitrogens with zero attached hydrogens (tertiary/aromatic N) is 1. The van der Waals surface area contributed by atoms with Crippen molar-refractivity contribution in [1.82, 2.24) is 10.3 Å². The molecule has 1 saturated carbocycles. The summed E-state index contributed by atoms with van der Waals surface area (Å²) in [6.07, 6.45) is 5.90. The van der Waals surface area contributed by atoms with Crippen LogP contribution >= 0.6 is 11.3 Å². The second kappa shape index (κ2) is 4.20. The molecular formula is C10H16N2S. The molecule has 2 atom stereocenters. The zero-order chi connectivity index (χ0) is 9.10. The highest BCUT2D eigenvalue weighted by Crippen LogP contribution is 2.36. The van der Waals surface area contributed by atoms with E-state index in [1.165, 1.54) is 30.8 Å². The van der Waals surface area contributed by atoms with Crippen LogP contribution in [0.1, 0.15) is 17.8 Å². The fourth-order valence-corrected chi connectivity index (χ4v) is 2.73. The van der Waals surface area contributed by atoms with Crippen LogP contribution in [0.15, 0.2) is 11.6 Å². The number of rotatable bonds is 4. The maximum atomic E-state index is 4.33. The highest BCUT2D eigenvalue weighted by Gasteiger charge is 2.30. The third kappa shape index (κ3) is 2.09. The number of thiazole rings is 1. The maximum absolute atomic E-state index is 4.33. The number of hydrogen-bond acceptors (Lipinski definition) is 3. The standard InChI is InChI=1S/C10H16N2S/c1-11-7-9-3-2-8(9)6-10-12-4-5-13-10/h4-5,8-9,11H,2-3,6-7H2,1H3.